The fourth-order valence-corrected chi connectivity index (χ4v) is 9.86. The summed E-state index contributed by atoms with van der Waals surface area (Å²) in [6, 6.07) is 53.7. The van der Waals surface area contributed by atoms with Crippen molar-refractivity contribution in [2.24, 2.45) is 0 Å². The molecule has 0 spiro atoms. The molecule has 0 amide bonds. The summed E-state index contributed by atoms with van der Waals surface area (Å²) in [5, 5.41) is 21.9. The minimum atomic E-state index is 0.0499. The van der Waals surface area contributed by atoms with E-state index in [0.29, 0.717) is 85.9 Å². The third-order valence-corrected chi connectivity index (χ3v) is 14.0. The molecule has 0 aliphatic rings. The van der Waals surface area contributed by atoms with Gasteiger partial charge in [-0.15, -0.1) is 49.6 Å². The van der Waals surface area contributed by atoms with Gasteiger partial charge in [-0.2, -0.15) is 0 Å². The molecule has 0 unspecified atom stereocenters. The number of hydrogen-bond donors (Lipinski definition) is 2. The molecule has 0 aliphatic carbocycles. The van der Waals surface area contributed by atoms with E-state index in [1.807, 2.05) is 211 Å². The van der Waals surface area contributed by atoms with Crippen LogP contribution in [-0.4, -0.2) is 40.1 Å². The third kappa shape index (κ3) is 20.9. The number of phenolic OH excluding ortho intramolecular Hbond substituents is 2. The topological polar surface area (TPSA) is 173 Å². The number of phenols is 2. The fraction of sp³-hybridized carbons (Fsp3) is 0.160. The molecule has 0 bridgehead atoms. The second-order valence-electron chi connectivity index (χ2n) is 23.1. The summed E-state index contributed by atoms with van der Waals surface area (Å²) in [6.07, 6.45) is 10.6. The number of rotatable bonds is 28. The van der Waals surface area contributed by atoms with E-state index in [0.717, 1.165) is 83.1 Å². The quantitative estimate of drug-likeness (QED) is 0.0444. The number of benzene rings is 8. The summed E-state index contributed by atoms with van der Waals surface area (Å²) < 4.78 is 36.7. The number of allylic oxidation sites excluding steroid dienone is 8. The van der Waals surface area contributed by atoms with Gasteiger partial charge in [0.15, 0.2) is 0 Å². The number of fused-ring (bicyclic) bond motifs is 1. The number of aromatic nitrogens is 6. The van der Waals surface area contributed by atoms with Gasteiger partial charge in [-0.3, -0.25) is 0 Å². The SMILES string of the molecule is C=C(C)Cc1cc2cc(CC(=C)C)c(O)cc2cc1O.C=C(C)Cc1ccccc1Oc1nc(Oc2ccccc2CC(=C)C)nc(Oc2ccccc2CC(=C)C)n1.C=CCc1ccccc1Oc1nc(Oc2ccccc2CC=C)nc(Oc2ccccc2CC=C)n1. The highest BCUT2D eigenvalue weighted by atomic mass is 16.5. The van der Waals surface area contributed by atoms with E-state index in [1.54, 1.807) is 12.1 Å². The Bertz CT molecular complexity index is 4010. The van der Waals surface area contributed by atoms with Crippen LogP contribution in [0.15, 0.2) is 269 Å². The number of aromatic hydroxyl groups is 2. The Labute approximate surface area is 557 Å². The first-order chi connectivity index (χ1) is 45.8. The van der Waals surface area contributed by atoms with Crippen molar-refractivity contribution in [1.29, 1.82) is 0 Å². The van der Waals surface area contributed by atoms with Gasteiger partial charge >= 0.3 is 36.1 Å². The van der Waals surface area contributed by atoms with Crippen molar-refractivity contribution in [1.82, 2.24) is 29.9 Å². The van der Waals surface area contributed by atoms with Crippen LogP contribution in [0.1, 0.15) is 79.1 Å². The maximum Gasteiger partial charge on any atom is 0.331 e. The van der Waals surface area contributed by atoms with E-state index in [2.05, 4.69) is 82.5 Å². The van der Waals surface area contributed by atoms with Crippen molar-refractivity contribution in [3.8, 4) is 82.1 Å². The molecule has 14 heteroatoms. The van der Waals surface area contributed by atoms with Gasteiger partial charge in [-0.1, -0.05) is 188 Å². The van der Waals surface area contributed by atoms with E-state index < -0.39 is 0 Å². The number of ether oxygens (including phenoxy) is 6. The van der Waals surface area contributed by atoms with E-state index >= 15 is 0 Å². The Morgan fingerprint density at radius 2 is 0.484 bits per heavy atom. The molecule has 10 aromatic rings. The molecule has 0 saturated carbocycles. The first-order valence-electron chi connectivity index (χ1n) is 30.9. The predicted molar refractivity (Wildman–Crippen MR) is 380 cm³/mol. The summed E-state index contributed by atoms with van der Waals surface area (Å²) in [7, 11) is 0. The molecular formula is C81H80N6O8. The summed E-state index contributed by atoms with van der Waals surface area (Å²) in [4.78, 5) is 26.7. The zero-order valence-corrected chi connectivity index (χ0v) is 54.7. The van der Waals surface area contributed by atoms with Crippen molar-refractivity contribution in [3.05, 3.63) is 313 Å². The third-order valence-electron chi connectivity index (χ3n) is 14.0. The van der Waals surface area contributed by atoms with Crippen LogP contribution in [0.3, 0.4) is 0 Å². The summed E-state index contributed by atoms with van der Waals surface area (Å²) in [5.74, 6) is 4.18. The Balaban J connectivity index is 0.000000192. The van der Waals surface area contributed by atoms with Crippen LogP contribution in [0.4, 0.5) is 0 Å². The van der Waals surface area contributed by atoms with Gasteiger partial charge in [0.2, 0.25) is 0 Å². The zero-order valence-electron chi connectivity index (χ0n) is 54.7. The van der Waals surface area contributed by atoms with E-state index in [4.69, 9.17) is 28.4 Å². The second-order valence-corrected chi connectivity index (χ2v) is 23.1. The molecule has 2 aromatic heterocycles. The highest BCUT2D eigenvalue weighted by Crippen LogP contribution is 2.36. The number of nitrogens with zero attached hydrogens (tertiary/aromatic N) is 6. The largest absolute Gasteiger partial charge is 0.508 e. The van der Waals surface area contributed by atoms with Gasteiger partial charge < -0.3 is 38.6 Å². The lowest BCUT2D eigenvalue weighted by molar-refractivity contribution is 0.358. The predicted octanol–water partition coefficient (Wildman–Crippen LogP) is 20.5. The maximum absolute atomic E-state index is 10.0. The van der Waals surface area contributed by atoms with Gasteiger partial charge in [0, 0.05) is 0 Å². The first kappa shape index (κ1) is 69.3. The van der Waals surface area contributed by atoms with Crippen molar-refractivity contribution in [3.63, 3.8) is 0 Å². The van der Waals surface area contributed by atoms with Crippen LogP contribution in [0, 0.1) is 0 Å². The molecule has 8 aromatic carbocycles. The van der Waals surface area contributed by atoms with Gasteiger partial charge in [-0.05, 0) is 202 Å². The minimum Gasteiger partial charge on any atom is -0.508 e. The highest BCUT2D eigenvalue weighted by molar-refractivity contribution is 5.87. The van der Waals surface area contributed by atoms with Crippen molar-refractivity contribution < 1.29 is 38.6 Å². The van der Waals surface area contributed by atoms with E-state index in [1.165, 1.54) is 0 Å². The van der Waals surface area contributed by atoms with Crippen molar-refractivity contribution in [2.75, 3.05) is 0 Å². The average Bonchev–Trinajstić information content (AvgIpc) is 0.851. The van der Waals surface area contributed by atoms with Crippen LogP contribution in [-0.2, 0) is 51.4 Å². The Kier molecular flexibility index (Phi) is 24.9. The Hall–Kier alpha value is -11.6. The standard InChI is InChI=1S/C33H33N3O3.C30H27N3O3.C18H20O2/c1-22(2)19-25-13-7-10-16-28(25)37-31-34-32(38-29-17-11-8-14-26(29)20-23(3)4)36-33(35-31)39-30-18-12-9-15-27(30)21-24(5)6;1-4-13-22-16-7-10-19-25(22)34-28-31-29(35-26-20-11-8-17-23(26)14-5-2)33-30(32-28)36-27-21-12-9-18-24(27)15-6-3;1-11(2)5-15-7-13-8-16(6-12(3)4)18(20)10-14(13)9-17(15)19/h7-18H,1,3,5,19-21H2,2,4,6H3;4-12,16-21H,1-3,13-15H2;7-10,19-20H,1,3,5-6H2,2,4H3. The smallest absolute Gasteiger partial charge is 0.331 e. The monoisotopic (exact) mass is 1260 g/mol. The summed E-state index contributed by atoms with van der Waals surface area (Å²) in [6.45, 7) is 41.1. The fourth-order valence-electron chi connectivity index (χ4n) is 9.86. The van der Waals surface area contributed by atoms with Crippen LogP contribution in [0.5, 0.6) is 82.1 Å². The minimum absolute atomic E-state index is 0.0499. The molecule has 0 fully saturated rings. The van der Waals surface area contributed by atoms with Crippen molar-refractivity contribution >= 4 is 10.8 Å². The summed E-state index contributed by atoms with van der Waals surface area (Å²) >= 11 is 0. The molecule has 0 atom stereocenters. The number of para-hydroxylation sites is 6. The second kappa shape index (κ2) is 34.1. The maximum atomic E-state index is 10.0. The van der Waals surface area contributed by atoms with E-state index in [9.17, 15) is 10.2 Å². The molecule has 2 N–H and O–H groups in total. The molecule has 10 rings (SSSR count). The molecule has 14 nitrogen and oxygen atoms in total. The molecule has 0 saturated heterocycles. The first-order valence-corrected chi connectivity index (χ1v) is 30.9. The van der Waals surface area contributed by atoms with Gasteiger partial charge in [0.05, 0.1) is 0 Å². The van der Waals surface area contributed by atoms with Crippen LogP contribution in [0.25, 0.3) is 10.8 Å². The molecule has 0 radical (unpaired) electrons. The highest BCUT2D eigenvalue weighted by Gasteiger charge is 2.20. The summed E-state index contributed by atoms with van der Waals surface area (Å²) in [5.41, 5.74) is 12.5. The lowest BCUT2D eigenvalue weighted by Crippen LogP contribution is -2.04. The lowest BCUT2D eigenvalue weighted by atomic mass is 9.97. The van der Waals surface area contributed by atoms with Gasteiger partial charge in [-0.25, -0.2) is 0 Å². The van der Waals surface area contributed by atoms with Crippen LogP contribution in [0.2, 0.25) is 0 Å². The molecule has 2 heterocycles. The normalized spacial score (nSPS) is 10.5. The van der Waals surface area contributed by atoms with Gasteiger partial charge in [0.25, 0.3) is 0 Å². The molecule has 95 heavy (non-hydrogen) atoms. The van der Waals surface area contributed by atoms with Gasteiger partial charge in [0.1, 0.15) is 46.0 Å². The number of hydrogen-bond acceptors (Lipinski definition) is 14. The lowest BCUT2D eigenvalue weighted by Gasteiger charge is -2.14. The van der Waals surface area contributed by atoms with Crippen LogP contribution < -0.4 is 28.4 Å². The Morgan fingerprint density at radius 3 is 0.705 bits per heavy atom. The average molecular weight is 1270 g/mol. The zero-order chi connectivity index (χ0) is 67.8. The Morgan fingerprint density at radius 1 is 0.295 bits per heavy atom. The van der Waals surface area contributed by atoms with Crippen LogP contribution >= 0.6 is 0 Å². The molecule has 482 valence electrons. The van der Waals surface area contributed by atoms with E-state index in [-0.39, 0.29) is 47.6 Å². The molecule has 0 aliphatic heterocycles. The molecular weight excluding hydrogens is 1180 g/mol. The van der Waals surface area contributed by atoms with Crippen molar-refractivity contribution in [2.45, 2.75) is 86.0 Å².